The maximum absolute atomic E-state index is 14.1. The van der Waals surface area contributed by atoms with Crippen LogP contribution in [0.5, 0.6) is 5.75 Å². The van der Waals surface area contributed by atoms with Gasteiger partial charge in [0.25, 0.3) is 10.0 Å². The third kappa shape index (κ3) is 7.93. The number of carbonyl (C=O) groups is 2. The number of aryl methyl sites for hydroxylation is 1. The number of rotatable bonds is 13. The molecule has 0 fully saturated rings. The van der Waals surface area contributed by atoms with Gasteiger partial charge in [0.05, 0.1) is 27.7 Å². The summed E-state index contributed by atoms with van der Waals surface area (Å²) in [7, 11) is -2.73. The number of ether oxygens (including phenoxy) is 1. The zero-order valence-electron chi connectivity index (χ0n) is 23.6. The molecule has 3 aromatic rings. The summed E-state index contributed by atoms with van der Waals surface area (Å²) in [5.74, 6) is -0.315. The van der Waals surface area contributed by atoms with Crippen LogP contribution in [0.2, 0.25) is 10.0 Å². The lowest BCUT2D eigenvalue weighted by atomic mass is 10.1. The van der Waals surface area contributed by atoms with E-state index in [1.807, 2.05) is 19.9 Å². The van der Waals surface area contributed by atoms with Gasteiger partial charge in [-0.1, -0.05) is 72.9 Å². The standard InChI is InChI=1S/C30H35Cl2N3O5S/c1-5-17-33-30(37)26(6-2)34(19-22-9-7-10-23(18-22)40-4)28(36)20-35(27-12-8-11-25(31)29(27)32)41(38,39)24-15-13-21(3)14-16-24/h7-16,18,26H,5-6,17,19-20H2,1-4H3,(H,33,37)/t26-/m1/s1. The highest BCUT2D eigenvalue weighted by atomic mass is 35.5. The molecule has 2 amide bonds. The first kappa shape index (κ1) is 32.2. The number of nitrogens with zero attached hydrogens (tertiary/aromatic N) is 2. The summed E-state index contributed by atoms with van der Waals surface area (Å²) in [6, 6.07) is 17.2. The Morgan fingerprint density at radius 1 is 1.00 bits per heavy atom. The third-order valence-corrected chi connectivity index (χ3v) is 9.09. The van der Waals surface area contributed by atoms with Crippen molar-refractivity contribution in [3.8, 4) is 5.75 Å². The van der Waals surface area contributed by atoms with Gasteiger partial charge in [-0.3, -0.25) is 13.9 Å². The molecular formula is C30H35Cl2N3O5S. The largest absolute Gasteiger partial charge is 0.497 e. The molecule has 220 valence electrons. The molecule has 0 aliphatic carbocycles. The lowest BCUT2D eigenvalue weighted by Crippen LogP contribution is -2.52. The molecule has 0 radical (unpaired) electrons. The van der Waals surface area contributed by atoms with Gasteiger partial charge in [-0.05, 0) is 61.7 Å². The topological polar surface area (TPSA) is 96.0 Å². The third-order valence-electron chi connectivity index (χ3n) is 6.51. The molecule has 11 heteroatoms. The molecule has 0 saturated heterocycles. The molecule has 0 unspecified atom stereocenters. The van der Waals surface area contributed by atoms with Crippen molar-refractivity contribution in [1.29, 1.82) is 0 Å². The summed E-state index contributed by atoms with van der Waals surface area (Å²) in [6.45, 7) is 5.46. The van der Waals surface area contributed by atoms with E-state index in [1.54, 1.807) is 43.3 Å². The number of sulfonamides is 1. The van der Waals surface area contributed by atoms with Crippen LogP contribution in [0.3, 0.4) is 0 Å². The maximum Gasteiger partial charge on any atom is 0.264 e. The molecule has 0 aliphatic heterocycles. The lowest BCUT2D eigenvalue weighted by Gasteiger charge is -2.33. The van der Waals surface area contributed by atoms with Gasteiger partial charge in [0.2, 0.25) is 11.8 Å². The predicted octanol–water partition coefficient (Wildman–Crippen LogP) is 5.84. The molecule has 0 spiro atoms. The highest BCUT2D eigenvalue weighted by molar-refractivity contribution is 7.92. The summed E-state index contributed by atoms with van der Waals surface area (Å²) in [5, 5.41) is 2.99. The Balaban J connectivity index is 2.10. The van der Waals surface area contributed by atoms with Crippen LogP contribution >= 0.6 is 23.2 Å². The second kappa shape index (κ2) is 14.6. The molecule has 0 saturated carbocycles. The first-order valence-corrected chi connectivity index (χ1v) is 15.5. The maximum atomic E-state index is 14.1. The van der Waals surface area contributed by atoms with Crippen molar-refractivity contribution in [2.75, 3.05) is 24.5 Å². The van der Waals surface area contributed by atoms with Crippen LogP contribution < -0.4 is 14.4 Å². The summed E-state index contributed by atoms with van der Waals surface area (Å²) in [6.07, 6.45) is 1.04. The number of hydrogen-bond donors (Lipinski definition) is 1. The van der Waals surface area contributed by atoms with Crippen molar-refractivity contribution in [3.05, 3.63) is 87.9 Å². The fraction of sp³-hybridized carbons (Fsp3) is 0.333. The van der Waals surface area contributed by atoms with E-state index in [0.29, 0.717) is 24.3 Å². The summed E-state index contributed by atoms with van der Waals surface area (Å²) >= 11 is 12.7. The van der Waals surface area contributed by atoms with Crippen LogP contribution in [0.25, 0.3) is 0 Å². The Kier molecular flexibility index (Phi) is 11.5. The Morgan fingerprint density at radius 3 is 2.32 bits per heavy atom. The fourth-order valence-electron chi connectivity index (χ4n) is 4.29. The fourth-order valence-corrected chi connectivity index (χ4v) is 6.16. The number of carbonyl (C=O) groups excluding carboxylic acids is 2. The predicted molar refractivity (Wildman–Crippen MR) is 163 cm³/mol. The minimum absolute atomic E-state index is 0.00951. The van der Waals surface area contributed by atoms with Crippen LogP contribution in [0.15, 0.2) is 71.6 Å². The number of methoxy groups -OCH3 is 1. The molecular weight excluding hydrogens is 585 g/mol. The van der Waals surface area contributed by atoms with Gasteiger partial charge in [-0.15, -0.1) is 0 Å². The van der Waals surface area contributed by atoms with Crippen molar-refractivity contribution in [2.45, 2.75) is 51.1 Å². The zero-order valence-corrected chi connectivity index (χ0v) is 25.9. The molecule has 0 aromatic heterocycles. The number of nitrogens with one attached hydrogen (secondary N) is 1. The van der Waals surface area contributed by atoms with E-state index in [-0.39, 0.29) is 33.1 Å². The van der Waals surface area contributed by atoms with E-state index < -0.39 is 28.5 Å². The molecule has 0 aliphatic rings. The second-order valence-electron chi connectivity index (χ2n) is 9.49. The van der Waals surface area contributed by atoms with Crippen molar-refractivity contribution >= 4 is 50.7 Å². The summed E-state index contributed by atoms with van der Waals surface area (Å²) < 4.78 is 34.2. The SMILES string of the molecule is CCCNC(=O)[C@@H](CC)N(Cc1cccc(OC)c1)C(=O)CN(c1cccc(Cl)c1Cl)S(=O)(=O)c1ccc(C)cc1. The van der Waals surface area contributed by atoms with E-state index in [2.05, 4.69) is 5.32 Å². The number of halogens is 2. The molecule has 0 heterocycles. The quantitative estimate of drug-likeness (QED) is 0.259. The smallest absolute Gasteiger partial charge is 0.264 e. The number of anilines is 1. The lowest BCUT2D eigenvalue weighted by molar-refractivity contribution is -0.140. The molecule has 3 aromatic carbocycles. The average Bonchev–Trinajstić information content (AvgIpc) is 2.96. The molecule has 8 nitrogen and oxygen atoms in total. The normalized spacial score (nSPS) is 12.0. The second-order valence-corrected chi connectivity index (χ2v) is 12.1. The zero-order chi connectivity index (χ0) is 30.2. The average molecular weight is 621 g/mol. The van der Waals surface area contributed by atoms with Gasteiger partial charge in [0.15, 0.2) is 0 Å². The van der Waals surface area contributed by atoms with Crippen molar-refractivity contribution in [3.63, 3.8) is 0 Å². The van der Waals surface area contributed by atoms with Gasteiger partial charge in [0.1, 0.15) is 18.3 Å². The Morgan fingerprint density at radius 2 is 1.68 bits per heavy atom. The minimum atomic E-state index is -4.27. The van der Waals surface area contributed by atoms with E-state index in [4.69, 9.17) is 27.9 Å². The van der Waals surface area contributed by atoms with Crippen LogP contribution in [-0.2, 0) is 26.2 Å². The molecule has 1 atom stereocenters. The summed E-state index contributed by atoms with van der Waals surface area (Å²) in [4.78, 5) is 28.7. The van der Waals surface area contributed by atoms with Gasteiger partial charge in [-0.2, -0.15) is 0 Å². The van der Waals surface area contributed by atoms with Crippen molar-refractivity contribution in [2.24, 2.45) is 0 Å². The molecule has 3 rings (SSSR count). The highest BCUT2D eigenvalue weighted by Gasteiger charge is 2.34. The Bertz CT molecular complexity index is 1470. The van der Waals surface area contributed by atoms with Gasteiger partial charge >= 0.3 is 0 Å². The first-order chi connectivity index (χ1) is 19.5. The van der Waals surface area contributed by atoms with Crippen molar-refractivity contribution < 1.29 is 22.7 Å². The highest BCUT2D eigenvalue weighted by Crippen LogP contribution is 2.35. The van der Waals surface area contributed by atoms with Crippen LogP contribution in [0.4, 0.5) is 5.69 Å². The van der Waals surface area contributed by atoms with E-state index >= 15 is 0 Å². The molecule has 41 heavy (non-hydrogen) atoms. The number of benzene rings is 3. The van der Waals surface area contributed by atoms with Gasteiger partial charge in [0, 0.05) is 13.1 Å². The van der Waals surface area contributed by atoms with E-state index in [0.717, 1.165) is 16.3 Å². The van der Waals surface area contributed by atoms with E-state index in [1.165, 1.54) is 36.3 Å². The summed E-state index contributed by atoms with van der Waals surface area (Å²) in [5.41, 5.74) is 1.65. The first-order valence-electron chi connectivity index (χ1n) is 13.3. The monoisotopic (exact) mass is 619 g/mol. The minimum Gasteiger partial charge on any atom is -0.497 e. The van der Waals surface area contributed by atoms with Crippen LogP contribution in [0.1, 0.15) is 37.8 Å². The van der Waals surface area contributed by atoms with Crippen LogP contribution in [0, 0.1) is 6.92 Å². The van der Waals surface area contributed by atoms with Gasteiger partial charge < -0.3 is 15.0 Å². The Labute approximate surface area is 252 Å². The van der Waals surface area contributed by atoms with Crippen LogP contribution in [-0.4, -0.2) is 51.4 Å². The van der Waals surface area contributed by atoms with E-state index in [9.17, 15) is 18.0 Å². The molecule has 0 bridgehead atoms. The van der Waals surface area contributed by atoms with Crippen molar-refractivity contribution in [1.82, 2.24) is 10.2 Å². The number of hydrogen-bond acceptors (Lipinski definition) is 5. The molecule has 1 N–H and O–H groups in total. The Hall–Kier alpha value is -3.27. The van der Waals surface area contributed by atoms with Gasteiger partial charge in [-0.25, -0.2) is 8.42 Å². The number of amides is 2.